The van der Waals surface area contributed by atoms with Gasteiger partial charge in [-0.1, -0.05) is 18.2 Å². The van der Waals surface area contributed by atoms with Crippen LogP contribution in [0.4, 0.5) is 0 Å². The quantitative estimate of drug-likeness (QED) is 0.536. The summed E-state index contributed by atoms with van der Waals surface area (Å²) in [6.45, 7) is 0. The highest BCUT2D eigenvalue weighted by Gasteiger charge is 2.04. The Morgan fingerprint density at radius 2 is 2.07 bits per heavy atom. The summed E-state index contributed by atoms with van der Waals surface area (Å²) in [5.74, 6) is 0.507. The molecule has 0 N–H and O–H groups in total. The minimum Gasteiger partial charge on any atom is -0.496 e. The predicted molar refractivity (Wildman–Crippen MR) is 53.5 cm³/mol. The first-order valence-electron chi connectivity index (χ1n) is 4.07. The molecule has 0 aliphatic rings. The Morgan fingerprint density at radius 1 is 1.29 bits per heavy atom. The van der Waals surface area contributed by atoms with E-state index < -0.39 is 0 Å². The molecule has 1 rings (SSSR count). The zero-order valence-electron chi connectivity index (χ0n) is 7.77. The molecule has 0 bridgehead atoms. The standard InChI is InChI=1S/C11H10O3/c1-14-11-6-2-4-9(5-3-7-12)10(11)8-13/h2-8H,1H3/b5-3+. The van der Waals surface area contributed by atoms with Crippen molar-refractivity contribution in [1.29, 1.82) is 0 Å². The Balaban J connectivity index is 3.21. The van der Waals surface area contributed by atoms with Crippen molar-refractivity contribution in [3.05, 3.63) is 35.4 Å². The van der Waals surface area contributed by atoms with E-state index in [1.807, 2.05) is 0 Å². The van der Waals surface area contributed by atoms with Gasteiger partial charge in [-0.2, -0.15) is 0 Å². The fraction of sp³-hybridized carbons (Fsp3) is 0.0909. The first-order chi connectivity index (χ1) is 6.83. The van der Waals surface area contributed by atoms with Crippen LogP contribution < -0.4 is 4.74 Å². The van der Waals surface area contributed by atoms with E-state index in [0.29, 0.717) is 29.4 Å². The summed E-state index contributed by atoms with van der Waals surface area (Å²) in [5, 5.41) is 0. The van der Waals surface area contributed by atoms with Gasteiger partial charge in [0.2, 0.25) is 0 Å². The third-order valence-electron chi connectivity index (χ3n) is 1.79. The minimum atomic E-state index is 0.452. The fourth-order valence-corrected chi connectivity index (χ4v) is 1.15. The fourth-order valence-electron chi connectivity index (χ4n) is 1.15. The maximum absolute atomic E-state index is 10.8. The second kappa shape index (κ2) is 4.97. The molecule has 0 radical (unpaired) electrons. The van der Waals surface area contributed by atoms with Crippen molar-refractivity contribution in [1.82, 2.24) is 0 Å². The van der Waals surface area contributed by atoms with Crippen LogP contribution in [0, 0.1) is 0 Å². The summed E-state index contributed by atoms with van der Waals surface area (Å²) in [6.07, 6.45) is 4.28. The predicted octanol–water partition coefficient (Wildman–Crippen LogP) is 1.72. The summed E-state index contributed by atoms with van der Waals surface area (Å²) < 4.78 is 5.00. The highest BCUT2D eigenvalue weighted by Crippen LogP contribution is 2.20. The van der Waals surface area contributed by atoms with Crippen LogP contribution >= 0.6 is 0 Å². The van der Waals surface area contributed by atoms with Crippen LogP contribution in [0.5, 0.6) is 5.75 Å². The van der Waals surface area contributed by atoms with Crippen LogP contribution in [0.3, 0.4) is 0 Å². The summed E-state index contributed by atoms with van der Waals surface area (Å²) >= 11 is 0. The van der Waals surface area contributed by atoms with E-state index in [1.54, 1.807) is 24.3 Å². The highest BCUT2D eigenvalue weighted by atomic mass is 16.5. The van der Waals surface area contributed by atoms with Gasteiger partial charge in [0.05, 0.1) is 12.7 Å². The number of carbonyl (C=O) groups excluding carboxylic acids is 2. The molecule has 1 aromatic rings. The van der Waals surface area contributed by atoms with Crippen molar-refractivity contribution >= 4 is 18.6 Å². The third kappa shape index (κ3) is 2.07. The molecule has 0 aliphatic carbocycles. The van der Waals surface area contributed by atoms with E-state index >= 15 is 0 Å². The van der Waals surface area contributed by atoms with Gasteiger partial charge in [0.15, 0.2) is 6.29 Å². The van der Waals surface area contributed by atoms with E-state index in [4.69, 9.17) is 4.74 Å². The van der Waals surface area contributed by atoms with Crippen molar-refractivity contribution in [2.75, 3.05) is 7.11 Å². The molecule has 0 heterocycles. The van der Waals surface area contributed by atoms with Gasteiger partial charge in [-0.3, -0.25) is 9.59 Å². The van der Waals surface area contributed by atoms with Crippen molar-refractivity contribution in [3.63, 3.8) is 0 Å². The van der Waals surface area contributed by atoms with Crippen molar-refractivity contribution in [2.24, 2.45) is 0 Å². The average Bonchev–Trinajstić information content (AvgIpc) is 2.25. The number of allylic oxidation sites excluding steroid dienone is 1. The summed E-state index contributed by atoms with van der Waals surface area (Å²) in [6, 6.07) is 5.20. The lowest BCUT2D eigenvalue weighted by molar-refractivity contribution is -0.104. The maximum Gasteiger partial charge on any atom is 0.154 e. The number of aldehydes is 2. The maximum atomic E-state index is 10.8. The number of rotatable bonds is 4. The summed E-state index contributed by atoms with van der Waals surface area (Å²) in [7, 11) is 1.50. The molecule has 0 amide bonds. The van der Waals surface area contributed by atoms with Gasteiger partial charge in [-0.05, 0) is 17.7 Å². The Kier molecular flexibility index (Phi) is 3.61. The number of carbonyl (C=O) groups is 2. The molecule has 3 heteroatoms. The lowest BCUT2D eigenvalue weighted by atomic mass is 10.1. The van der Waals surface area contributed by atoms with Gasteiger partial charge in [0.1, 0.15) is 12.0 Å². The van der Waals surface area contributed by atoms with Gasteiger partial charge in [0.25, 0.3) is 0 Å². The van der Waals surface area contributed by atoms with Gasteiger partial charge >= 0.3 is 0 Å². The molecule has 14 heavy (non-hydrogen) atoms. The SMILES string of the molecule is COc1cccc(/C=C/C=O)c1C=O. The first kappa shape index (κ1) is 10.2. The topological polar surface area (TPSA) is 43.4 Å². The largest absolute Gasteiger partial charge is 0.496 e. The molecule has 72 valence electrons. The molecule has 0 saturated carbocycles. The van der Waals surface area contributed by atoms with Gasteiger partial charge in [-0.25, -0.2) is 0 Å². The molecular weight excluding hydrogens is 180 g/mol. The average molecular weight is 190 g/mol. The molecular formula is C11H10O3. The van der Waals surface area contributed by atoms with Crippen molar-refractivity contribution in [2.45, 2.75) is 0 Å². The number of hydrogen-bond donors (Lipinski definition) is 0. The zero-order chi connectivity index (χ0) is 10.4. The molecule has 0 aliphatic heterocycles. The van der Waals surface area contributed by atoms with E-state index in [0.717, 1.165) is 0 Å². The van der Waals surface area contributed by atoms with Gasteiger partial charge in [0, 0.05) is 0 Å². The van der Waals surface area contributed by atoms with Crippen LogP contribution in [-0.4, -0.2) is 19.7 Å². The van der Waals surface area contributed by atoms with Crippen LogP contribution in [-0.2, 0) is 4.79 Å². The molecule has 0 atom stereocenters. The molecule has 1 aromatic carbocycles. The molecule has 0 aromatic heterocycles. The smallest absolute Gasteiger partial charge is 0.154 e. The normalized spacial score (nSPS) is 10.1. The number of ether oxygens (including phenoxy) is 1. The van der Waals surface area contributed by atoms with E-state index in [-0.39, 0.29) is 0 Å². The van der Waals surface area contributed by atoms with Crippen LogP contribution in [0.25, 0.3) is 6.08 Å². The number of methoxy groups -OCH3 is 1. The Labute approximate surface area is 82.0 Å². The van der Waals surface area contributed by atoms with E-state index in [1.165, 1.54) is 13.2 Å². The second-order valence-electron chi connectivity index (χ2n) is 2.58. The highest BCUT2D eigenvalue weighted by molar-refractivity contribution is 5.87. The molecule has 0 fully saturated rings. The van der Waals surface area contributed by atoms with Gasteiger partial charge in [-0.15, -0.1) is 0 Å². The Hall–Kier alpha value is -1.90. The third-order valence-corrected chi connectivity index (χ3v) is 1.79. The Morgan fingerprint density at radius 3 is 2.64 bits per heavy atom. The monoisotopic (exact) mass is 190 g/mol. The number of benzene rings is 1. The van der Waals surface area contributed by atoms with Crippen LogP contribution in [0.2, 0.25) is 0 Å². The molecule has 0 unspecified atom stereocenters. The second-order valence-corrected chi connectivity index (χ2v) is 2.58. The summed E-state index contributed by atoms with van der Waals surface area (Å²) in [5.41, 5.74) is 1.12. The Bertz CT molecular complexity index is 367. The van der Waals surface area contributed by atoms with Crippen molar-refractivity contribution in [3.8, 4) is 5.75 Å². The molecule has 0 spiro atoms. The first-order valence-corrected chi connectivity index (χ1v) is 4.07. The van der Waals surface area contributed by atoms with Crippen LogP contribution in [0.15, 0.2) is 24.3 Å². The molecule has 0 saturated heterocycles. The zero-order valence-corrected chi connectivity index (χ0v) is 7.77. The number of hydrogen-bond acceptors (Lipinski definition) is 3. The van der Waals surface area contributed by atoms with Crippen molar-refractivity contribution < 1.29 is 14.3 Å². The lowest BCUT2D eigenvalue weighted by Crippen LogP contribution is -1.93. The minimum absolute atomic E-state index is 0.452. The van der Waals surface area contributed by atoms with Gasteiger partial charge < -0.3 is 4.74 Å². The van der Waals surface area contributed by atoms with E-state index in [2.05, 4.69) is 0 Å². The van der Waals surface area contributed by atoms with E-state index in [9.17, 15) is 9.59 Å². The summed E-state index contributed by atoms with van der Waals surface area (Å²) in [4.78, 5) is 20.9. The lowest BCUT2D eigenvalue weighted by Gasteiger charge is -2.05. The molecule has 3 nitrogen and oxygen atoms in total. The van der Waals surface area contributed by atoms with Crippen LogP contribution in [0.1, 0.15) is 15.9 Å².